The first kappa shape index (κ1) is 24.3. The number of anilines is 1. The third-order valence-electron chi connectivity index (χ3n) is 4.83. The van der Waals surface area contributed by atoms with Crippen LogP contribution in [0.4, 0.5) is 10.5 Å². The molecule has 7 heteroatoms. The minimum absolute atomic E-state index is 0.206. The Morgan fingerprint density at radius 1 is 0.941 bits per heavy atom. The van der Waals surface area contributed by atoms with Crippen molar-refractivity contribution in [1.82, 2.24) is 5.32 Å². The summed E-state index contributed by atoms with van der Waals surface area (Å²) in [5.41, 5.74) is 3.92. The van der Waals surface area contributed by atoms with E-state index in [0.717, 1.165) is 16.7 Å². The molecule has 0 fully saturated rings. The monoisotopic (exact) mass is 458 g/mol. The molecule has 0 saturated heterocycles. The van der Waals surface area contributed by atoms with E-state index in [2.05, 4.69) is 10.6 Å². The van der Waals surface area contributed by atoms with Gasteiger partial charge in [0.1, 0.15) is 5.75 Å². The predicted octanol–water partition coefficient (Wildman–Crippen LogP) is 5.11. The van der Waals surface area contributed by atoms with Crippen molar-refractivity contribution in [3.05, 3.63) is 101 Å². The molecule has 0 aromatic heterocycles. The second-order valence-corrected chi connectivity index (χ2v) is 7.37. The number of carbonyl (C=O) groups is 3. The van der Waals surface area contributed by atoms with Crippen LogP contribution in [-0.4, -0.2) is 24.6 Å². The highest BCUT2D eigenvalue weighted by atomic mass is 16.7. The number of hydrogen-bond donors (Lipinski definition) is 2. The first-order chi connectivity index (χ1) is 16.4. The number of aryl methyl sites for hydroxylation is 1. The van der Waals surface area contributed by atoms with E-state index in [1.165, 1.54) is 18.2 Å². The topological polar surface area (TPSA) is 93.7 Å². The third kappa shape index (κ3) is 7.34. The zero-order valence-electron chi connectivity index (χ0n) is 19.0. The van der Waals surface area contributed by atoms with Crippen LogP contribution in [0.3, 0.4) is 0 Å². The SMILES string of the molecule is CCOC(=O)Oc1ccc(C(=O)Nc2cccc(CNC(=O)/C=C/c3ccccc3C)c2)cc1. The van der Waals surface area contributed by atoms with Crippen molar-refractivity contribution in [2.24, 2.45) is 0 Å². The largest absolute Gasteiger partial charge is 0.513 e. The van der Waals surface area contributed by atoms with E-state index >= 15 is 0 Å². The second-order valence-electron chi connectivity index (χ2n) is 7.37. The molecule has 3 rings (SSSR count). The van der Waals surface area contributed by atoms with Crippen molar-refractivity contribution in [1.29, 1.82) is 0 Å². The van der Waals surface area contributed by atoms with Crippen LogP contribution in [0, 0.1) is 6.92 Å². The van der Waals surface area contributed by atoms with E-state index in [4.69, 9.17) is 9.47 Å². The molecule has 3 aromatic carbocycles. The molecular weight excluding hydrogens is 432 g/mol. The molecule has 0 heterocycles. The molecule has 34 heavy (non-hydrogen) atoms. The number of amides is 2. The van der Waals surface area contributed by atoms with Crippen LogP contribution in [0.1, 0.15) is 34.0 Å². The maximum absolute atomic E-state index is 12.6. The van der Waals surface area contributed by atoms with Gasteiger partial charge in [0.2, 0.25) is 5.91 Å². The van der Waals surface area contributed by atoms with Crippen molar-refractivity contribution >= 4 is 29.7 Å². The van der Waals surface area contributed by atoms with E-state index in [9.17, 15) is 14.4 Å². The van der Waals surface area contributed by atoms with E-state index in [0.29, 0.717) is 17.8 Å². The quantitative estimate of drug-likeness (QED) is 0.278. The van der Waals surface area contributed by atoms with Gasteiger partial charge in [-0.15, -0.1) is 0 Å². The van der Waals surface area contributed by atoms with Gasteiger partial charge < -0.3 is 20.1 Å². The first-order valence-corrected chi connectivity index (χ1v) is 10.8. The molecule has 0 saturated carbocycles. The Bertz CT molecular complexity index is 1190. The zero-order valence-corrected chi connectivity index (χ0v) is 19.0. The second kappa shape index (κ2) is 12.0. The molecule has 2 amide bonds. The number of hydrogen-bond acceptors (Lipinski definition) is 5. The highest BCUT2D eigenvalue weighted by Gasteiger charge is 2.09. The molecule has 2 N–H and O–H groups in total. The van der Waals surface area contributed by atoms with Crippen LogP contribution >= 0.6 is 0 Å². The Labute approximate surface area is 198 Å². The molecule has 0 atom stereocenters. The Kier molecular flexibility index (Phi) is 8.57. The van der Waals surface area contributed by atoms with Crippen molar-refractivity contribution in [3.8, 4) is 5.75 Å². The van der Waals surface area contributed by atoms with E-state index in [1.807, 2.05) is 37.3 Å². The number of carbonyl (C=O) groups excluding carboxylic acids is 3. The fourth-order valence-corrected chi connectivity index (χ4v) is 3.07. The van der Waals surface area contributed by atoms with Crippen molar-refractivity contribution in [3.63, 3.8) is 0 Å². The lowest BCUT2D eigenvalue weighted by Crippen LogP contribution is -2.20. The van der Waals surface area contributed by atoms with E-state index in [1.54, 1.807) is 43.3 Å². The highest BCUT2D eigenvalue weighted by molar-refractivity contribution is 6.04. The predicted molar refractivity (Wildman–Crippen MR) is 131 cm³/mol. The summed E-state index contributed by atoms with van der Waals surface area (Å²) in [6, 6.07) is 21.2. The van der Waals surface area contributed by atoms with Crippen LogP contribution in [0.15, 0.2) is 78.9 Å². The van der Waals surface area contributed by atoms with Gasteiger partial charge in [0.15, 0.2) is 0 Å². The number of ether oxygens (including phenoxy) is 2. The van der Waals surface area contributed by atoms with Gasteiger partial charge in [0, 0.05) is 23.9 Å². The van der Waals surface area contributed by atoms with Crippen LogP contribution in [0.5, 0.6) is 5.75 Å². The van der Waals surface area contributed by atoms with Crippen LogP contribution < -0.4 is 15.4 Å². The summed E-state index contributed by atoms with van der Waals surface area (Å²) in [7, 11) is 0. The number of nitrogens with one attached hydrogen (secondary N) is 2. The molecule has 0 radical (unpaired) electrons. The lowest BCUT2D eigenvalue weighted by molar-refractivity contribution is -0.116. The highest BCUT2D eigenvalue weighted by Crippen LogP contribution is 2.16. The molecule has 3 aromatic rings. The minimum atomic E-state index is -0.797. The Balaban J connectivity index is 1.53. The van der Waals surface area contributed by atoms with E-state index < -0.39 is 6.16 Å². The first-order valence-electron chi connectivity index (χ1n) is 10.8. The van der Waals surface area contributed by atoms with Crippen LogP contribution in [0.2, 0.25) is 0 Å². The molecule has 0 spiro atoms. The van der Waals surface area contributed by atoms with Crippen LogP contribution in [0.25, 0.3) is 6.08 Å². The summed E-state index contributed by atoms with van der Waals surface area (Å²) in [6.45, 7) is 4.21. The van der Waals surface area contributed by atoms with Crippen molar-refractivity contribution in [2.45, 2.75) is 20.4 Å². The fraction of sp³-hybridized carbons (Fsp3) is 0.148. The summed E-state index contributed by atoms with van der Waals surface area (Å²) in [5, 5.41) is 5.66. The van der Waals surface area contributed by atoms with Gasteiger partial charge in [-0.3, -0.25) is 9.59 Å². The summed E-state index contributed by atoms with van der Waals surface area (Å²) in [4.78, 5) is 36.1. The molecule has 0 aliphatic rings. The summed E-state index contributed by atoms with van der Waals surface area (Å²) in [6.07, 6.45) is 2.49. The average molecular weight is 459 g/mol. The molecule has 0 aliphatic heterocycles. The van der Waals surface area contributed by atoms with Crippen LogP contribution in [-0.2, 0) is 16.1 Å². The number of rotatable bonds is 8. The Morgan fingerprint density at radius 3 is 2.44 bits per heavy atom. The Hall–Kier alpha value is -4.39. The molecule has 0 bridgehead atoms. The van der Waals surface area contributed by atoms with Gasteiger partial charge in [-0.1, -0.05) is 36.4 Å². The molecular formula is C27H26N2O5. The zero-order chi connectivity index (χ0) is 24.3. The standard InChI is InChI=1S/C27H26N2O5/c1-3-33-27(32)34-24-14-11-22(12-15-24)26(31)29-23-10-6-8-20(17-23)18-28-25(30)16-13-21-9-5-4-7-19(21)2/h4-17H,3,18H2,1-2H3,(H,28,30)(H,29,31)/b16-13+. The lowest BCUT2D eigenvalue weighted by atomic mass is 10.1. The fourth-order valence-electron chi connectivity index (χ4n) is 3.07. The molecule has 7 nitrogen and oxygen atoms in total. The maximum atomic E-state index is 12.6. The van der Waals surface area contributed by atoms with Gasteiger partial charge >= 0.3 is 6.16 Å². The maximum Gasteiger partial charge on any atom is 0.513 e. The molecule has 0 aliphatic carbocycles. The average Bonchev–Trinajstić information content (AvgIpc) is 2.83. The van der Waals surface area contributed by atoms with E-state index in [-0.39, 0.29) is 24.2 Å². The van der Waals surface area contributed by atoms with Gasteiger partial charge in [0.25, 0.3) is 5.91 Å². The number of benzene rings is 3. The molecule has 174 valence electrons. The van der Waals surface area contributed by atoms with Gasteiger partial charge in [-0.25, -0.2) is 4.79 Å². The summed E-state index contributed by atoms with van der Waals surface area (Å²) in [5.74, 6) is -0.239. The molecule has 0 unspecified atom stereocenters. The smallest absolute Gasteiger partial charge is 0.434 e. The normalized spacial score (nSPS) is 10.5. The van der Waals surface area contributed by atoms with Gasteiger partial charge in [-0.05, 0) is 73.0 Å². The van der Waals surface area contributed by atoms with Gasteiger partial charge in [0.05, 0.1) is 6.61 Å². The summed E-state index contributed by atoms with van der Waals surface area (Å²) >= 11 is 0. The van der Waals surface area contributed by atoms with Crippen molar-refractivity contribution < 1.29 is 23.9 Å². The summed E-state index contributed by atoms with van der Waals surface area (Å²) < 4.78 is 9.70. The Morgan fingerprint density at radius 2 is 1.71 bits per heavy atom. The third-order valence-corrected chi connectivity index (χ3v) is 4.83. The minimum Gasteiger partial charge on any atom is -0.434 e. The van der Waals surface area contributed by atoms with Gasteiger partial charge in [-0.2, -0.15) is 0 Å². The van der Waals surface area contributed by atoms with Crippen molar-refractivity contribution in [2.75, 3.05) is 11.9 Å². The lowest BCUT2D eigenvalue weighted by Gasteiger charge is -2.09.